The third-order valence-electron chi connectivity index (χ3n) is 4.68. The van der Waals surface area contributed by atoms with Crippen molar-refractivity contribution in [2.75, 3.05) is 11.9 Å². The highest BCUT2D eigenvalue weighted by Crippen LogP contribution is 2.31. The van der Waals surface area contributed by atoms with Crippen LogP contribution in [0.25, 0.3) is 10.8 Å². The van der Waals surface area contributed by atoms with Crippen LogP contribution in [0.2, 0.25) is 0 Å². The van der Waals surface area contributed by atoms with Gasteiger partial charge in [-0.2, -0.15) is 0 Å². The molecule has 122 valence electrons. The Morgan fingerprint density at radius 3 is 2.87 bits per heavy atom. The van der Waals surface area contributed by atoms with Gasteiger partial charge in [0, 0.05) is 11.9 Å². The van der Waals surface area contributed by atoms with Crippen molar-refractivity contribution in [2.24, 2.45) is 5.92 Å². The lowest BCUT2D eigenvalue weighted by Crippen LogP contribution is -2.46. The highest BCUT2D eigenvalue weighted by molar-refractivity contribution is 6.01. The zero-order valence-electron chi connectivity index (χ0n) is 13.5. The predicted octanol–water partition coefficient (Wildman–Crippen LogP) is 3.90. The van der Waals surface area contributed by atoms with E-state index < -0.39 is 5.60 Å². The molecule has 2 aromatic carbocycles. The van der Waals surface area contributed by atoms with Gasteiger partial charge in [0.25, 0.3) is 0 Å². The highest BCUT2D eigenvalue weighted by atomic mass is 16.3. The van der Waals surface area contributed by atoms with Gasteiger partial charge in [0.15, 0.2) is 0 Å². The van der Waals surface area contributed by atoms with Crippen LogP contribution in [0.4, 0.5) is 10.5 Å². The Balaban J connectivity index is 1.63. The van der Waals surface area contributed by atoms with Gasteiger partial charge in [0.1, 0.15) is 0 Å². The van der Waals surface area contributed by atoms with Gasteiger partial charge in [-0.3, -0.25) is 0 Å². The van der Waals surface area contributed by atoms with Gasteiger partial charge in [-0.25, -0.2) is 4.79 Å². The Morgan fingerprint density at radius 1 is 1.26 bits per heavy atom. The summed E-state index contributed by atoms with van der Waals surface area (Å²) in [6.45, 7) is 2.45. The standard InChI is InChI=1S/C19H24N2O2/c1-14-6-5-11-19(23,12-14)13-20-18(22)21-17-10-4-8-15-7-2-3-9-16(15)17/h2-4,7-10,14,23H,5-6,11-13H2,1H3,(H2,20,21,22)/t14-,19-/m0/s1. The lowest BCUT2D eigenvalue weighted by Gasteiger charge is -2.35. The first-order valence-electron chi connectivity index (χ1n) is 8.31. The second kappa shape index (κ2) is 6.59. The van der Waals surface area contributed by atoms with Crippen molar-refractivity contribution in [3.63, 3.8) is 0 Å². The highest BCUT2D eigenvalue weighted by Gasteiger charge is 2.32. The first kappa shape index (κ1) is 15.8. The first-order chi connectivity index (χ1) is 11.1. The Bertz CT molecular complexity index is 695. The van der Waals surface area contributed by atoms with E-state index in [1.165, 1.54) is 0 Å². The monoisotopic (exact) mass is 312 g/mol. The van der Waals surface area contributed by atoms with Crippen molar-refractivity contribution in [2.45, 2.75) is 38.2 Å². The zero-order chi connectivity index (χ0) is 16.3. The number of benzene rings is 2. The number of aliphatic hydroxyl groups is 1. The SMILES string of the molecule is C[C@H]1CCC[C@@](O)(CNC(=O)Nc2cccc3ccccc23)C1. The van der Waals surface area contributed by atoms with Crippen molar-refractivity contribution in [3.8, 4) is 0 Å². The van der Waals surface area contributed by atoms with Crippen LogP contribution in [-0.4, -0.2) is 23.3 Å². The number of urea groups is 1. The summed E-state index contributed by atoms with van der Waals surface area (Å²) in [6, 6.07) is 13.5. The fourth-order valence-electron chi connectivity index (χ4n) is 3.54. The minimum absolute atomic E-state index is 0.270. The molecule has 0 bridgehead atoms. The molecular weight excluding hydrogens is 288 g/mol. The van der Waals surface area contributed by atoms with E-state index in [1.807, 2.05) is 42.5 Å². The van der Waals surface area contributed by atoms with Crippen LogP contribution in [0.1, 0.15) is 32.6 Å². The second-order valence-electron chi connectivity index (χ2n) is 6.76. The zero-order valence-corrected chi connectivity index (χ0v) is 13.5. The number of hydrogen-bond donors (Lipinski definition) is 3. The number of carbonyl (C=O) groups is 1. The molecule has 2 amide bonds. The summed E-state index contributed by atoms with van der Waals surface area (Å²) in [5.41, 5.74) is 0.0120. The molecule has 1 aliphatic carbocycles. The summed E-state index contributed by atoms with van der Waals surface area (Å²) < 4.78 is 0. The maximum Gasteiger partial charge on any atom is 0.319 e. The number of fused-ring (bicyclic) bond motifs is 1. The average Bonchev–Trinajstić information content (AvgIpc) is 2.53. The Labute approximate surface area is 136 Å². The molecule has 0 spiro atoms. The molecule has 3 N–H and O–H groups in total. The van der Waals surface area contributed by atoms with Gasteiger partial charge in [0.05, 0.1) is 11.3 Å². The topological polar surface area (TPSA) is 61.4 Å². The van der Waals surface area contributed by atoms with Crippen LogP contribution >= 0.6 is 0 Å². The van der Waals surface area contributed by atoms with Gasteiger partial charge in [-0.05, 0) is 30.2 Å². The van der Waals surface area contributed by atoms with Crippen LogP contribution in [0.3, 0.4) is 0 Å². The molecule has 3 rings (SSSR count). The molecule has 0 aromatic heterocycles. The third-order valence-corrected chi connectivity index (χ3v) is 4.68. The van der Waals surface area contributed by atoms with Crippen LogP contribution < -0.4 is 10.6 Å². The average molecular weight is 312 g/mol. The van der Waals surface area contributed by atoms with E-state index >= 15 is 0 Å². The number of amides is 2. The molecule has 2 atom stereocenters. The maximum absolute atomic E-state index is 12.2. The van der Waals surface area contributed by atoms with E-state index in [9.17, 15) is 9.90 Å². The fraction of sp³-hybridized carbons (Fsp3) is 0.421. The summed E-state index contributed by atoms with van der Waals surface area (Å²) in [6.07, 6.45) is 3.68. The van der Waals surface area contributed by atoms with E-state index in [4.69, 9.17) is 0 Å². The molecule has 0 saturated heterocycles. The van der Waals surface area contributed by atoms with Crippen LogP contribution in [0.15, 0.2) is 42.5 Å². The molecule has 1 aliphatic rings. The Morgan fingerprint density at radius 2 is 2.04 bits per heavy atom. The molecule has 0 radical (unpaired) electrons. The number of rotatable bonds is 3. The van der Waals surface area contributed by atoms with E-state index in [1.54, 1.807) is 0 Å². The van der Waals surface area contributed by atoms with E-state index in [2.05, 4.69) is 17.6 Å². The summed E-state index contributed by atoms with van der Waals surface area (Å²) >= 11 is 0. The molecule has 0 unspecified atom stereocenters. The van der Waals surface area contributed by atoms with Crippen molar-refractivity contribution < 1.29 is 9.90 Å². The quantitative estimate of drug-likeness (QED) is 0.805. The Hall–Kier alpha value is -2.07. The number of nitrogens with one attached hydrogen (secondary N) is 2. The molecule has 4 nitrogen and oxygen atoms in total. The number of carbonyl (C=O) groups excluding carboxylic acids is 1. The van der Waals surface area contributed by atoms with Crippen LogP contribution in [0, 0.1) is 5.92 Å². The first-order valence-corrected chi connectivity index (χ1v) is 8.31. The van der Waals surface area contributed by atoms with E-state index in [0.29, 0.717) is 12.5 Å². The van der Waals surface area contributed by atoms with Crippen LogP contribution in [0.5, 0.6) is 0 Å². The molecule has 2 aromatic rings. The molecule has 4 heteroatoms. The molecule has 1 saturated carbocycles. The Kier molecular flexibility index (Phi) is 4.53. The van der Waals surface area contributed by atoms with E-state index in [0.717, 1.165) is 42.1 Å². The minimum Gasteiger partial charge on any atom is -0.388 e. The van der Waals surface area contributed by atoms with Gasteiger partial charge in [-0.1, -0.05) is 56.2 Å². The van der Waals surface area contributed by atoms with Gasteiger partial charge >= 0.3 is 6.03 Å². The summed E-state index contributed by atoms with van der Waals surface area (Å²) in [4.78, 5) is 12.2. The lowest BCUT2D eigenvalue weighted by atomic mass is 9.79. The van der Waals surface area contributed by atoms with Crippen molar-refractivity contribution in [1.82, 2.24) is 5.32 Å². The second-order valence-corrected chi connectivity index (χ2v) is 6.76. The van der Waals surface area contributed by atoms with Gasteiger partial charge in [0.2, 0.25) is 0 Å². The largest absolute Gasteiger partial charge is 0.388 e. The van der Waals surface area contributed by atoms with Crippen molar-refractivity contribution in [3.05, 3.63) is 42.5 Å². The molecule has 1 fully saturated rings. The normalized spacial score (nSPS) is 24.3. The number of anilines is 1. The fourth-order valence-corrected chi connectivity index (χ4v) is 3.54. The van der Waals surface area contributed by atoms with Gasteiger partial charge in [-0.15, -0.1) is 0 Å². The molecular formula is C19H24N2O2. The third kappa shape index (κ3) is 3.82. The molecule has 23 heavy (non-hydrogen) atoms. The molecule has 0 aliphatic heterocycles. The summed E-state index contributed by atoms with van der Waals surface area (Å²) in [5.74, 6) is 0.511. The van der Waals surface area contributed by atoms with E-state index in [-0.39, 0.29) is 6.03 Å². The summed E-state index contributed by atoms with van der Waals surface area (Å²) in [7, 11) is 0. The van der Waals surface area contributed by atoms with Crippen molar-refractivity contribution in [1.29, 1.82) is 0 Å². The molecule has 0 heterocycles. The predicted molar refractivity (Wildman–Crippen MR) is 93.6 cm³/mol. The van der Waals surface area contributed by atoms with Gasteiger partial charge < -0.3 is 15.7 Å². The smallest absolute Gasteiger partial charge is 0.319 e. The summed E-state index contributed by atoms with van der Waals surface area (Å²) in [5, 5.41) is 18.4. The lowest BCUT2D eigenvalue weighted by molar-refractivity contribution is -0.00920. The minimum atomic E-state index is -0.770. The van der Waals surface area contributed by atoms with Crippen molar-refractivity contribution >= 4 is 22.5 Å². The maximum atomic E-state index is 12.2. The number of hydrogen-bond acceptors (Lipinski definition) is 2. The van der Waals surface area contributed by atoms with Crippen LogP contribution in [-0.2, 0) is 0 Å².